The molecule has 6 heteroatoms. The molecule has 0 spiro atoms. The summed E-state index contributed by atoms with van der Waals surface area (Å²) in [6.45, 7) is 10.3. The van der Waals surface area contributed by atoms with E-state index in [0.29, 0.717) is 11.0 Å². The van der Waals surface area contributed by atoms with Crippen LogP contribution in [0.25, 0.3) is 0 Å². The smallest absolute Gasteiger partial charge is 0.246 e. The van der Waals surface area contributed by atoms with E-state index in [0.717, 1.165) is 38.3 Å². The first kappa shape index (κ1) is 21.6. The van der Waals surface area contributed by atoms with Gasteiger partial charge < -0.3 is 20.0 Å². The second-order valence-electron chi connectivity index (χ2n) is 9.17. The molecular weight excluding hydrogens is 404 g/mol. The number of hydrogen-bond acceptors (Lipinski definition) is 3. The van der Waals surface area contributed by atoms with Crippen LogP contribution >= 0.6 is 12.2 Å². The van der Waals surface area contributed by atoms with Gasteiger partial charge in [0.25, 0.3) is 0 Å². The summed E-state index contributed by atoms with van der Waals surface area (Å²) in [6, 6.07) is 18.7. The van der Waals surface area contributed by atoms with Crippen molar-refractivity contribution in [3.63, 3.8) is 0 Å². The van der Waals surface area contributed by atoms with E-state index in [4.69, 9.17) is 12.2 Å². The Balaban J connectivity index is 1.36. The summed E-state index contributed by atoms with van der Waals surface area (Å²) >= 11 is 5.63. The molecule has 2 aliphatic heterocycles. The van der Waals surface area contributed by atoms with Crippen molar-refractivity contribution >= 4 is 34.6 Å². The quantitative estimate of drug-likeness (QED) is 0.737. The van der Waals surface area contributed by atoms with Crippen LogP contribution in [0.5, 0.6) is 0 Å². The lowest BCUT2D eigenvalue weighted by Gasteiger charge is -2.46. The molecule has 1 unspecified atom stereocenters. The molecule has 0 saturated carbocycles. The Labute approximate surface area is 191 Å². The van der Waals surface area contributed by atoms with Crippen LogP contribution < -0.4 is 15.1 Å². The molecule has 164 valence electrons. The summed E-state index contributed by atoms with van der Waals surface area (Å²) in [5, 5.41) is 3.90. The third-order valence-corrected chi connectivity index (χ3v) is 6.85. The molecule has 2 aromatic rings. The maximum atomic E-state index is 13.3. The average molecular weight is 437 g/mol. The van der Waals surface area contributed by atoms with Gasteiger partial charge >= 0.3 is 0 Å². The Morgan fingerprint density at radius 1 is 1.03 bits per heavy atom. The molecule has 31 heavy (non-hydrogen) atoms. The fourth-order valence-corrected chi connectivity index (χ4v) is 5.26. The van der Waals surface area contributed by atoms with E-state index < -0.39 is 0 Å². The summed E-state index contributed by atoms with van der Waals surface area (Å²) in [5.41, 5.74) is 3.29. The van der Waals surface area contributed by atoms with E-state index in [-0.39, 0.29) is 18.0 Å². The highest BCUT2D eigenvalue weighted by Gasteiger charge is 2.39. The highest BCUT2D eigenvalue weighted by Crippen LogP contribution is 2.43. The number of carbonyl (C=O) groups excluding carboxylic acids is 1. The Hall–Kier alpha value is -2.60. The molecule has 1 saturated heterocycles. The lowest BCUT2D eigenvalue weighted by atomic mass is 9.80. The van der Waals surface area contributed by atoms with Gasteiger partial charge in [-0.05, 0) is 62.2 Å². The van der Waals surface area contributed by atoms with Crippen molar-refractivity contribution in [2.45, 2.75) is 38.6 Å². The fourth-order valence-electron chi connectivity index (χ4n) is 5.01. The van der Waals surface area contributed by atoms with Gasteiger partial charge in [0.2, 0.25) is 5.91 Å². The third-order valence-electron chi connectivity index (χ3n) is 6.45. The van der Waals surface area contributed by atoms with Gasteiger partial charge in [-0.25, -0.2) is 0 Å². The van der Waals surface area contributed by atoms with Gasteiger partial charge in [-0.15, -0.1) is 0 Å². The molecule has 0 aliphatic carbocycles. The van der Waals surface area contributed by atoms with Gasteiger partial charge in [-0.1, -0.05) is 43.3 Å². The molecular formula is C25H32N4OS. The first-order valence-corrected chi connectivity index (χ1v) is 11.5. The minimum Gasteiger partial charge on any atom is -0.368 e. The number of rotatable bonds is 3. The van der Waals surface area contributed by atoms with E-state index in [1.165, 1.54) is 11.3 Å². The summed E-state index contributed by atoms with van der Waals surface area (Å²) in [4.78, 5) is 19.8. The molecule has 2 aliphatic rings. The molecule has 1 N–H and O–H groups in total. The van der Waals surface area contributed by atoms with Crippen molar-refractivity contribution in [1.29, 1.82) is 0 Å². The lowest BCUT2D eigenvalue weighted by Crippen LogP contribution is -2.56. The SMILES string of the molecule is CC1CC(C)(C)N(C(=O)CNC(=S)N2CCN(c3ccccc3)CC2)c2ccccc21. The second kappa shape index (κ2) is 8.87. The third kappa shape index (κ3) is 4.54. The van der Waals surface area contributed by atoms with Crippen molar-refractivity contribution in [2.75, 3.05) is 42.5 Å². The normalized spacial score (nSPS) is 20.2. The van der Waals surface area contributed by atoms with Gasteiger partial charge in [0.05, 0.1) is 6.54 Å². The molecule has 4 rings (SSSR count). The fraction of sp³-hybridized carbons (Fsp3) is 0.440. The molecule has 1 atom stereocenters. The Morgan fingerprint density at radius 3 is 2.39 bits per heavy atom. The van der Waals surface area contributed by atoms with Gasteiger partial charge in [0.15, 0.2) is 5.11 Å². The highest BCUT2D eigenvalue weighted by atomic mass is 32.1. The Kier molecular flexibility index (Phi) is 6.19. The van der Waals surface area contributed by atoms with Crippen LogP contribution in [-0.2, 0) is 4.79 Å². The second-order valence-corrected chi connectivity index (χ2v) is 9.56. The van der Waals surface area contributed by atoms with Crippen LogP contribution in [0.4, 0.5) is 11.4 Å². The highest BCUT2D eigenvalue weighted by molar-refractivity contribution is 7.80. The lowest BCUT2D eigenvalue weighted by molar-refractivity contribution is -0.118. The number of nitrogens with zero attached hydrogens (tertiary/aromatic N) is 3. The number of thiocarbonyl (C=S) groups is 1. The van der Waals surface area contributed by atoms with Crippen LogP contribution in [0, 0.1) is 0 Å². The average Bonchev–Trinajstić information content (AvgIpc) is 2.77. The largest absolute Gasteiger partial charge is 0.368 e. The van der Waals surface area contributed by atoms with E-state index in [1.54, 1.807) is 0 Å². The van der Waals surface area contributed by atoms with Crippen LogP contribution in [0.2, 0.25) is 0 Å². The monoisotopic (exact) mass is 436 g/mol. The van der Waals surface area contributed by atoms with Gasteiger partial charge in [-0.3, -0.25) is 4.79 Å². The zero-order valence-electron chi connectivity index (χ0n) is 18.7. The number of benzene rings is 2. The number of nitrogens with one attached hydrogen (secondary N) is 1. The molecule has 1 fully saturated rings. The van der Waals surface area contributed by atoms with Crippen molar-refractivity contribution in [2.24, 2.45) is 0 Å². The number of para-hydroxylation sites is 2. The van der Waals surface area contributed by atoms with Crippen LogP contribution in [-0.4, -0.2) is 54.2 Å². The van der Waals surface area contributed by atoms with Crippen LogP contribution in [0.1, 0.15) is 38.7 Å². The topological polar surface area (TPSA) is 38.8 Å². The minimum absolute atomic E-state index is 0.0645. The molecule has 0 bridgehead atoms. The summed E-state index contributed by atoms with van der Waals surface area (Å²) in [6.07, 6.45) is 0.946. The molecule has 2 heterocycles. The number of anilines is 2. The van der Waals surface area contributed by atoms with E-state index in [2.05, 4.69) is 78.4 Å². The van der Waals surface area contributed by atoms with Gasteiger partial charge in [0, 0.05) is 43.1 Å². The van der Waals surface area contributed by atoms with Crippen molar-refractivity contribution in [1.82, 2.24) is 10.2 Å². The van der Waals surface area contributed by atoms with E-state index >= 15 is 0 Å². The predicted octanol–water partition coefficient (Wildman–Crippen LogP) is 4.00. The summed E-state index contributed by atoms with van der Waals surface area (Å²) < 4.78 is 0. The Morgan fingerprint density at radius 2 is 1.68 bits per heavy atom. The standard InChI is InChI=1S/C25H32N4OS/c1-19-17-25(2,3)29(22-12-8-7-11-21(19)22)23(30)18-26-24(31)28-15-13-27(14-16-28)20-9-5-4-6-10-20/h4-12,19H,13-18H2,1-3H3,(H,26,31). The van der Waals surface area contributed by atoms with Crippen LogP contribution in [0.15, 0.2) is 54.6 Å². The number of carbonyl (C=O) groups is 1. The molecule has 0 aromatic heterocycles. The zero-order chi connectivity index (χ0) is 22.0. The predicted molar refractivity (Wildman–Crippen MR) is 132 cm³/mol. The first-order valence-electron chi connectivity index (χ1n) is 11.1. The molecule has 0 radical (unpaired) electrons. The molecule has 5 nitrogen and oxygen atoms in total. The maximum Gasteiger partial charge on any atom is 0.246 e. The first-order chi connectivity index (χ1) is 14.9. The van der Waals surface area contributed by atoms with Crippen LogP contribution in [0.3, 0.4) is 0 Å². The van der Waals surface area contributed by atoms with Gasteiger partial charge in [-0.2, -0.15) is 0 Å². The summed E-state index contributed by atoms with van der Waals surface area (Å²) in [5.74, 6) is 0.500. The van der Waals surface area contributed by atoms with Gasteiger partial charge in [0.1, 0.15) is 0 Å². The van der Waals surface area contributed by atoms with E-state index in [1.807, 2.05) is 17.0 Å². The molecule has 2 aromatic carbocycles. The van der Waals surface area contributed by atoms with Crippen molar-refractivity contribution < 1.29 is 4.79 Å². The van der Waals surface area contributed by atoms with E-state index in [9.17, 15) is 4.79 Å². The minimum atomic E-state index is -0.227. The summed E-state index contributed by atoms with van der Waals surface area (Å²) in [7, 11) is 0. The van der Waals surface area contributed by atoms with Crippen molar-refractivity contribution in [3.05, 3.63) is 60.2 Å². The Bertz CT molecular complexity index is 938. The van der Waals surface area contributed by atoms with Crippen molar-refractivity contribution in [3.8, 4) is 0 Å². The zero-order valence-corrected chi connectivity index (χ0v) is 19.5. The molecule has 1 amide bonds. The maximum absolute atomic E-state index is 13.3. The number of fused-ring (bicyclic) bond motifs is 1. The number of hydrogen-bond donors (Lipinski definition) is 1. The number of piperazine rings is 1. The number of amides is 1.